The topological polar surface area (TPSA) is 113 Å². The zero-order valence-corrected chi connectivity index (χ0v) is 14.5. The van der Waals surface area contributed by atoms with Gasteiger partial charge in [-0.1, -0.05) is 24.3 Å². The van der Waals surface area contributed by atoms with Crippen LogP contribution in [0.3, 0.4) is 0 Å². The summed E-state index contributed by atoms with van der Waals surface area (Å²) in [6.07, 6.45) is 1.30. The maximum atomic E-state index is 6.34. The molecule has 0 saturated carbocycles. The molecule has 0 amide bonds. The molecule has 0 fully saturated rings. The SMILES string of the molecule is Cl.NCCC(OC(CCN)c1ccc(N)cc1)c1ccc(N)cc1. The molecule has 0 saturated heterocycles. The second-order valence-corrected chi connectivity index (χ2v) is 5.60. The Morgan fingerprint density at radius 2 is 1.00 bits per heavy atom. The molecular formula is C18H27ClN4O. The first-order valence-corrected chi connectivity index (χ1v) is 7.90. The fraction of sp³-hybridized carbons (Fsp3) is 0.333. The van der Waals surface area contributed by atoms with Gasteiger partial charge in [-0.05, 0) is 61.3 Å². The Morgan fingerprint density at radius 1 is 0.667 bits per heavy atom. The Hall–Kier alpha value is -1.79. The van der Waals surface area contributed by atoms with Crippen LogP contribution in [-0.2, 0) is 4.74 Å². The molecule has 2 atom stereocenters. The largest absolute Gasteiger partial charge is 0.399 e. The summed E-state index contributed by atoms with van der Waals surface area (Å²) in [5, 5.41) is 0. The van der Waals surface area contributed by atoms with Gasteiger partial charge in [-0.3, -0.25) is 0 Å². The van der Waals surface area contributed by atoms with E-state index in [1.807, 2.05) is 48.5 Å². The lowest BCUT2D eigenvalue weighted by atomic mass is 10.0. The highest BCUT2D eigenvalue weighted by Gasteiger charge is 2.19. The van der Waals surface area contributed by atoms with Gasteiger partial charge in [0.05, 0.1) is 12.2 Å². The maximum absolute atomic E-state index is 6.34. The summed E-state index contributed by atoms with van der Waals surface area (Å²) in [5.41, 5.74) is 26.7. The molecule has 132 valence electrons. The highest BCUT2D eigenvalue weighted by molar-refractivity contribution is 5.85. The van der Waals surface area contributed by atoms with Crippen molar-refractivity contribution in [3.8, 4) is 0 Å². The third kappa shape index (κ3) is 5.69. The minimum Gasteiger partial charge on any atom is -0.399 e. The lowest BCUT2D eigenvalue weighted by Crippen LogP contribution is -2.17. The van der Waals surface area contributed by atoms with Gasteiger partial charge in [-0.15, -0.1) is 12.4 Å². The second kappa shape index (κ2) is 10.2. The fourth-order valence-electron chi connectivity index (χ4n) is 2.55. The van der Waals surface area contributed by atoms with E-state index in [9.17, 15) is 0 Å². The van der Waals surface area contributed by atoms with Crippen molar-refractivity contribution < 1.29 is 4.74 Å². The number of benzene rings is 2. The van der Waals surface area contributed by atoms with E-state index in [-0.39, 0.29) is 24.6 Å². The average molecular weight is 351 g/mol. The molecule has 5 nitrogen and oxygen atoms in total. The molecule has 0 aliphatic heterocycles. The first-order chi connectivity index (χ1) is 11.1. The lowest BCUT2D eigenvalue weighted by molar-refractivity contribution is -0.0215. The molecule has 2 rings (SSSR count). The lowest BCUT2D eigenvalue weighted by Gasteiger charge is -2.25. The van der Waals surface area contributed by atoms with Crippen molar-refractivity contribution in [1.29, 1.82) is 0 Å². The molecule has 6 heteroatoms. The van der Waals surface area contributed by atoms with E-state index in [2.05, 4.69) is 0 Å². The summed E-state index contributed by atoms with van der Waals surface area (Å²) in [7, 11) is 0. The van der Waals surface area contributed by atoms with Crippen LogP contribution >= 0.6 is 12.4 Å². The average Bonchev–Trinajstić information content (AvgIpc) is 2.55. The van der Waals surface area contributed by atoms with Gasteiger partial charge < -0.3 is 27.7 Å². The Bertz CT molecular complexity index is 535. The first kappa shape index (κ1) is 20.3. The van der Waals surface area contributed by atoms with Crippen LogP contribution in [0.5, 0.6) is 0 Å². The smallest absolute Gasteiger partial charge is 0.0845 e. The highest BCUT2D eigenvalue weighted by Crippen LogP contribution is 2.31. The molecular weight excluding hydrogens is 324 g/mol. The van der Waals surface area contributed by atoms with Crippen LogP contribution in [0.25, 0.3) is 0 Å². The standard InChI is InChI=1S/C18H26N4O.ClH/c19-11-9-17(13-1-5-15(21)6-2-13)23-18(10-12-20)14-3-7-16(22)8-4-14;/h1-8,17-18H,9-12,19-22H2;1H. The molecule has 0 bridgehead atoms. The van der Waals surface area contributed by atoms with E-state index in [0.717, 1.165) is 35.3 Å². The summed E-state index contributed by atoms with van der Waals surface area (Å²) in [6, 6.07) is 15.5. The van der Waals surface area contributed by atoms with Gasteiger partial charge in [0.25, 0.3) is 0 Å². The van der Waals surface area contributed by atoms with Crippen molar-refractivity contribution in [2.24, 2.45) is 11.5 Å². The molecule has 2 unspecified atom stereocenters. The number of hydrogen-bond donors (Lipinski definition) is 4. The van der Waals surface area contributed by atoms with Gasteiger partial charge in [0.1, 0.15) is 0 Å². The second-order valence-electron chi connectivity index (χ2n) is 5.60. The zero-order chi connectivity index (χ0) is 16.7. The molecule has 2 aromatic rings. The van der Waals surface area contributed by atoms with Gasteiger partial charge >= 0.3 is 0 Å². The fourth-order valence-corrected chi connectivity index (χ4v) is 2.55. The quantitative estimate of drug-likeness (QED) is 0.547. The number of nitrogen functional groups attached to an aromatic ring is 2. The van der Waals surface area contributed by atoms with E-state index >= 15 is 0 Å². The summed E-state index contributed by atoms with van der Waals surface area (Å²) in [6.45, 7) is 1.10. The van der Waals surface area contributed by atoms with Crippen molar-refractivity contribution in [3.63, 3.8) is 0 Å². The van der Waals surface area contributed by atoms with E-state index in [1.165, 1.54) is 0 Å². The predicted molar refractivity (Wildman–Crippen MR) is 103 cm³/mol. The van der Waals surface area contributed by atoms with Crippen molar-refractivity contribution in [1.82, 2.24) is 0 Å². The molecule has 0 aromatic heterocycles. The minimum atomic E-state index is -0.0882. The minimum absolute atomic E-state index is 0. The number of halogens is 1. The monoisotopic (exact) mass is 350 g/mol. The molecule has 0 aliphatic rings. The van der Waals surface area contributed by atoms with Crippen molar-refractivity contribution in [2.75, 3.05) is 24.6 Å². The van der Waals surface area contributed by atoms with Gasteiger partial charge in [0, 0.05) is 11.4 Å². The van der Waals surface area contributed by atoms with E-state index in [1.54, 1.807) is 0 Å². The van der Waals surface area contributed by atoms with Crippen LogP contribution in [-0.4, -0.2) is 13.1 Å². The van der Waals surface area contributed by atoms with Crippen molar-refractivity contribution in [3.05, 3.63) is 59.7 Å². The number of nitrogens with two attached hydrogens (primary N) is 4. The van der Waals surface area contributed by atoms with Crippen LogP contribution in [0.15, 0.2) is 48.5 Å². The van der Waals surface area contributed by atoms with E-state index in [0.29, 0.717) is 13.1 Å². The Labute approximate surface area is 149 Å². The van der Waals surface area contributed by atoms with Gasteiger partial charge in [-0.2, -0.15) is 0 Å². The zero-order valence-electron chi connectivity index (χ0n) is 13.7. The summed E-state index contributed by atoms with van der Waals surface area (Å²) < 4.78 is 6.34. The molecule has 2 aromatic carbocycles. The summed E-state index contributed by atoms with van der Waals surface area (Å²) >= 11 is 0. The van der Waals surface area contributed by atoms with Crippen LogP contribution < -0.4 is 22.9 Å². The van der Waals surface area contributed by atoms with Crippen molar-refractivity contribution >= 4 is 23.8 Å². The van der Waals surface area contributed by atoms with Gasteiger partial charge in [-0.25, -0.2) is 0 Å². The molecule has 24 heavy (non-hydrogen) atoms. The Balaban J connectivity index is 0.00000288. The van der Waals surface area contributed by atoms with Crippen LogP contribution in [0.4, 0.5) is 11.4 Å². The summed E-state index contributed by atoms with van der Waals surface area (Å²) in [4.78, 5) is 0. The molecule has 0 heterocycles. The van der Waals surface area contributed by atoms with Gasteiger partial charge in [0.15, 0.2) is 0 Å². The van der Waals surface area contributed by atoms with Gasteiger partial charge in [0.2, 0.25) is 0 Å². The van der Waals surface area contributed by atoms with Crippen LogP contribution in [0, 0.1) is 0 Å². The number of rotatable bonds is 8. The van der Waals surface area contributed by atoms with Crippen LogP contribution in [0.1, 0.15) is 36.2 Å². The Morgan fingerprint density at radius 3 is 1.29 bits per heavy atom. The molecule has 0 radical (unpaired) electrons. The van der Waals surface area contributed by atoms with E-state index < -0.39 is 0 Å². The maximum Gasteiger partial charge on any atom is 0.0845 e. The summed E-state index contributed by atoms with van der Waals surface area (Å²) in [5.74, 6) is 0. The number of hydrogen-bond acceptors (Lipinski definition) is 5. The number of anilines is 2. The van der Waals surface area contributed by atoms with Crippen molar-refractivity contribution in [2.45, 2.75) is 25.0 Å². The predicted octanol–water partition coefficient (Wildman–Crippen LogP) is 2.77. The molecule has 8 N–H and O–H groups in total. The third-order valence-electron chi connectivity index (χ3n) is 3.80. The third-order valence-corrected chi connectivity index (χ3v) is 3.80. The molecule has 0 aliphatic carbocycles. The Kier molecular flexibility index (Phi) is 8.57. The normalized spacial score (nSPS) is 13.1. The van der Waals surface area contributed by atoms with E-state index in [4.69, 9.17) is 27.7 Å². The molecule has 0 spiro atoms. The van der Waals surface area contributed by atoms with Crippen LogP contribution in [0.2, 0.25) is 0 Å². The first-order valence-electron chi connectivity index (χ1n) is 7.90. The number of ether oxygens (including phenoxy) is 1. The highest BCUT2D eigenvalue weighted by atomic mass is 35.5.